The lowest BCUT2D eigenvalue weighted by Gasteiger charge is -2.31. The van der Waals surface area contributed by atoms with Gasteiger partial charge in [-0.25, -0.2) is 4.79 Å². The number of hydrogen-bond donors (Lipinski definition) is 2. The standard InChI is InChI=1S/C24H31N3O7/c1-24(2)14-18(29)13-20(34-24)21(30)25-19(15-28)22(31)26-9-6-10-27(12-11-26)23(32)33-16-17-7-4-3-5-8-17/h3-5,7-8,13,19,28H,6,9-12,14-16H2,1-2H3,(H,25,30)/t19-/m0/s1. The largest absolute Gasteiger partial charge is 0.482 e. The molecule has 0 radical (unpaired) electrons. The zero-order valence-corrected chi connectivity index (χ0v) is 19.5. The van der Waals surface area contributed by atoms with Gasteiger partial charge in [-0.3, -0.25) is 14.4 Å². The number of carbonyl (C=O) groups excluding carboxylic acids is 4. The Kier molecular flexibility index (Phi) is 8.27. The quantitative estimate of drug-likeness (QED) is 0.631. The molecule has 184 valence electrons. The Morgan fingerprint density at radius 3 is 2.47 bits per heavy atom. The van der Waals surface area contributed by atoms with Crippen molar-refractivity contribution >= 4 is 23.7 Å². The van der Waals surface area contributed by atoms with Gasteiger partial charge >= 0.3 is 6.09 Å². The molecule has 3 rings (SSSR count). The number of ketones is 1. The highest BCUT2D eigenvalue weighted by molar-refractivity contribution is 6.03. The molecule has 2 heterocycles. The smallest absolute Gasteiger partial charge is 0.410 e. The van der Waals surface area contributed by atoms with E-state index in [1.807, 2.05) is 30.3 Å². The molecule has 0 bridgehead atoms. The van der Waals surface area contributed by atoms with Crippen LogP contribution in [0.3, 0.4) is 0 Å². The van der Waals surface area contributed by atoms with Crippen molar-refractivity contribution in [2.24, 2.45) is 0 Å². The van der Waals surface area contributed by atoms with Crippen LogP contribution in [-0.2, 0) is 30.5 Å². The van der Waals surface area contributed by atoms with Crippen molar-refractivity contribution in [3.8, 4) is 0 Å². The molecular formula is C24H31N3O7. The number of allylic oxidation sites excluding steroid dienone is 1. The topological polar surface area (TPSA) is 125 Å². The van der Waals surface area contributed by atoms with Crippen LogP contribution in [0.1, 0.15) is 32.3 Å². The first kappa shape index (κ1) is 25.2. The molecule has 1 atom stereocenters. The number of nitrogens with one attached hydrogen (secondary N) is 1. The summed E-state index contributed by atoms with van der Waals surface area (Å²) in [6, 6.07) is 8.14. The average molecular weight is 474 g/mol. The Morgan fingerprint density at radius 1 is 1.12 bits per heavy atom. The van der Waals surface area contributed by atoms with Gasteiger partial charge in [0.2, 0.25) is 5.91 Å². The first-order chi connectivity index (χ1) is 16.2. The highest BCUT2D eigenvalue weighted by Crippen LogP contribution is 2.24. The molecule has 1 fully saturated rings. The second-order valence-electron chi connectivity index (χ2n) is 8.93. The third-order valence-corrected chi connectivity index (χ3v) is 5.56. The number of ether oxygens (including phenoxy) is 2. The summed E-state index contributed by atoms with van der Waals surface area (Å²) in [7, 11) is 0. The van der Waals surface area contributed by atoms with Gasteiger partial charge in [-0.1, -0.05) is 30.3 Å². The van der Waals surface area contributed by atoms with Gasteiger partial charge in [0.05, 0.1) is 6.61 Å². The summed E-state index contributed by atoms with van der Waals surface area (Å²) in [5.74, 6) is -1.65. The van der Waals surface area contributed by atoms with Gasteiger partial charge in [-0.15, -0.1) is 0 Å². The fraction of sp³-hybridized carbons (Fsp3) is 0.500. The van der Waals surface area contributed by atoms with Crippen LogP contribution in [0, 0.1) is 0 Å². The average Bonchev–Trinajstić information content (AvgIpc) is 3.06. The second kappa shape index (κ2) is 11.1. The molecule has 2 aliphatic rings. The number of nitrogens with zero attached hydrogens (tertiary/aromatic N) is 2. The number of amides is 3. The van der Waals surface area contributed by atoms with Gasteiger partial charge < -0.3 is 29.7 Å². The van der Waals surface area contributed by atoms with Gasteiger partial charge in [0.25, 0.3) is 5.91 Å². The highest BCUT2D eigenvalue weighted by atomic mass is 16.6. The summed E-state index contributed by atoms with van der Waals surface area (Å²) < 4.78 is 10.9. The van der Waals surface area contributed by atoms with Crippen LogP contribution >= 0.6 is 0 Å². The third kappa shape index (κ3) is 6.80. The van der Waals surface area contributed by atoms with Crippen molar-refractivity contribution in [1.82, 2.24) is 15.1 Å². The van der Waals surface area contributed by atoms with Crippen molar-refractivity contribution in [2.45, 2.75) is 44.9 Å². The molecule has 0 aliphatic carbocycles. The number of aliphatic hydroxyl groups is 1. The van der Waals surface area contributed by atoms with E-state index < -0.39 is 36.2 Å². The van der Waals surface area contributed by atoms with Crippen LogP contribution in [0.25, 0.3) is 0 Å². The summed E-state index contributed by atoms with van der Waals surface area (Å²) in [6.45, 7) is 4.20. The highest BCUT2D eigenvalue weighted by Gasteiger charge is 2.34. The van der Waals surface area contributed by atoms with E-state index in [0.29, 0.717) is 19.5 Å². The Balaban J connectivity index is 1.53. The van der Waals surface area contributed by atoms with E-state index in [0.717, 1.165) is 11.6 Å². The SMILES string of the molecule is CC1(C)CC(=O)C=C(C(=O)N[C@@H](CO)C(=O)N2CCCN(C(=O)OCc3ccccc3)CC2)O1. The summed E-state index contributed by atoms with van der Waals surface area (Å²) in [6.07, 6.45) is 1.31. The van der Waals surface area contributed by atoms with Gasteiger partial charge in [-0.2, -0.15) is 0 Å². The fourth-order valence-corrected chi connectivity index (χ4v) is 3.86. The number of carbonyl (C=O) groups is 4. The molecule has 34 heavy (non-hydrogen) atoms. The molecule has 0 saturated carbocycles. The monoisotopic (exact) mass is 473 g/mol. The molecule has 1 aromatic rings. The fourth-order valence-electron chi connectivity index (χ4n) is 3.86. The van der Waals surface area contributed by atoms with Crippen molar-refractivity contribution in [3.63, 3.8) is 0 Å². The van der Waals surface area contributed by atoms with E-state index >= 15 is 0 Å². The van der Waals surface area contributed by atoms with Crippen LogP contribution in [0.5, 0.6) is 0 Å². The number of benzene rings is 1. The summed E-state index contributed by atoms with van der Waals surface area (Å²) in [5.41, 5.74) is 0.0480. The maximum Gasteiger partial charge on any atom is 0.410 e. The van der Waals surface area contributed by atoms with Crippen LogP contribution in [0.4, 0.5) is 4.79 Å². The van der Waals surface area contributed by atoms with Crippen molar-refractivity contribution in [3.05, 3.63) is 47.7 Å². The zero-order chi connectivity index (χ0) is 24.7. The minimum atomic E-state index is -1.20. The van der Waals surface area contributed by atoms with Crippen LogP contribution in [0.2, 0.25) is 0 Å². The van der Waals surface area contributed by atoms with E-state index in [-0.39, 0.29) is 37.7 Å². The molecule has 1 saturated heterocycles. The maximum absolute atomic E-state index is 13.0. The van der Waals surface area contributed by atoms with Gasteiger partial charge in [-0.05, 0) is 25.8 Å². The Labute approximate surface area is 198 Å². The van der Waals surface area contributed by atoms with E-state index in [1.54, 1.807) is 13.8 Å². The minimum Gasteiger partial charge on any atom is -0.482 e. The molecule has 2 N–H and O–H groups in total. The molecule has 1 aromatic carbocycles. The summed E-state index contributed by atoms with van der Waals surface area (Å²) in [4.78, 5) is 52.9. The van der Waals surface area contributed by atoms with E-state index in [9.17, 15) is 24.3 Å². The number of rotatable bonds is 6. The van der Waals surface area contributed by atoms with Crippen LogP contribution < -0.4 is 5.32 Å². The molecule has 2 aliphatic heterocycles. The maximum atomic E-state index is 13.0. The first-order valence-corrected chi connectivity index (χ1v) is 11.3. The second-order valence-corrected chi connectivity index (χ2v) is 8.93. The van der Waals surface area contributed by atoms with Gasteiger partial charge in [0.1, 0.15) is 18.2 Å². The molecule has 10 heteroatoms. The molecule has 0 unspecified atom stereocenters. The van der Waals surface area contributed by atoms with E-state index in [2.05, 4.69) is 5.32 Å². The molecular weight excluding hydrogens is 442 g/mol. The lowest BCUT2D eigenvalue weighted by Crippen LogP contribution is -2.52. The van der Waals surface area contributed by atoms with E-state index in [4.69, 9.17) is 9.47 Å². The molecule has 0 aromatic heterocycles. The summed E-state index contributed by atoms with van der Waals surface area (Å²) >= 11 is 0. The predicted octanol–water partition coefficient (Wildman–Crippen LogP) is 0.987. The lowest BCUT2D eigenvalue weighted by atomic mass is 9.98. The third-order valence-electron chi connectivity index (χ3n) is 5.56. The number of aliphatic hydroxyl groups excluding tert-OH is 1. The molecule has 0 spiro atoms. The van der Waals surface area contributed by atoms with E-state index in [1.165, 1.54) is 9.80 Å². The molecule has 3 amide bonds. The van der Waals surface area contributed by atoms with Crippen molar-refractivity contribution < 1.29 is 33.8 Å². The normalized spacial score (nSPS) is 18.8. The first-order valence-electron chi connectivity index (χ1n) is 11.3. The minimum absolute atomic E-state index is 0.143. The van der Waals surface area contributed by atoms with Crippen LogP contribution in [-0.4, -0.2) is 83.0 Å². The lowest BCUT2D eigenvalue weighted by molar-refractivity contribution is -0.138. The van der Waals surface area contributed by atoms with Crippen molar-refractivity contribution in [2.75, 3.05) is 32.8 Å². The number of hydrogen-bond acceptors (Lipinski definition) is 7. The van der Waals surface area contributed by atoms with Crippen molar-refractivity contribution in [1.29, 1.82) is 0 Å². The Bertz CT molecular complexity index is 945. The molecule has 10 nitrogen and oxygen atoms in total. The zero-order valence-electron chi connectivity index (χ0n) is 19.5. The Morgan fingerprint density at radius 2 is 1.79 bits per heavy atom. The van der Waals surface area contributed by atoms with Gasteiger partial charge in [0.15, 0.2) is 11.5 Å². The Hall–Kier alpha value is -3.40. The summed E-state index contributed by atoms with van der Waals surface area (Å²) in [5, 5.41) is 12.2. The predicted molar refractivity (Wildman–Crippen MR) is 121 cm³/mol. The van der Waals surface area contributed by atoms with Crippen LogP contribution in [0.15, 0.2) is 42.2 Å². The van der Waals surface area contributed by atoms with Gasteiger partial charge in [0, 0.05) is 38.7 Å².